The van der Waals surface area contributed by atoms with Crippen LogP contribution in [0.5, 0.6) is 0 Å². The first kappa shape index (κ1) is 12.1. The number of para-hydroxylation sites is 1. The fourth-order valence-corrected chi connectivity index (χ4v) is 3.01. The summed E-state index contributed by atoms with van der Waals surface area (Å²) >= 11 is 0. The van der Waals surface area contributed by atoms with Crippen LogP contribution in [0.2, 0.25) is 0 Å². The van der Waals surface area contributed by atoms with E-state index < -0.39 is 11.2 Å². The summed E-state index contributed by atoms with van der Waals surface area (Å²) in [5, 5.41) is 13.8. The van der Waals surface area contributed by atoms with Crippen molar-refractivity contribution < 1.29 is 14.3 Å². The number of hydrogen-bond donors (Lipinski definition) is 2. The molecule has 5 nitrogen and oxygen atoms in total. The predicted molar refractivity (Wildman–Crippen MR) is 74.0 cm³/mol. The minimum atomic E-state index is -1.39. The molecular weight excluding hydrogens is 268 g/mol. The summed E-state index contributed by atoms with van der Waals surface area (Å²) in [5.74, 6) is 0. The summed E-state index contributed by atoms with van der Waals surface area (Å²) in [5.41, 5.74) is 0.657. The number of hydrogen-bond acceptors (Lipinski definition) is 3. The predicted octanol–water partition coefficient (Wildman–Crippen LogP) is 1.04. The highest BCUT2D eigenvalue weighted by molar-refractivity contribution is 5.46. The molecule has 2 aromatic carbocycles. The zero-order valence-corrected chi connectivity index (χ0v) is 11.1. The first-order chi connectivity index (χ1) is 10.2. The second kappa shape index (κ2) is 4.17. The molecule has 0 amide bonds. The highest BCUT2D eigenvalue weighted by Gasteiger charge is 2.54. The van der Waals surface area contributed by atoms with Crippen molar-refractivity contribution in [3.8, 4) is 5.69 Å². The van der Waals surface area contributed by atoms with Crippen molar-refractivity contribution in [2.24, 2.45) is 0 Å². The molecule has 0 fully saturated rings. The molecule has 1 aromatic heterocycles. The molecule has 0 aliphatic carbocycles. The SMILES string of the molecule is O=c1o[nH][n+]2c1C(O)(Cc1ccccc1)c1ccccc1-2. The smallest absolute Gasteiger partial charge is 0.374 e. The van der Waals surface area contributed by atoms with Crippen LogP contribution >= 0.6 is 0 Å². The minimum Gasteiger partial charge on any atom is -0.374 e. The van der Waals surface area contributed by atoms with Crippen LogP contribution in [0.25, 0.3) is 5.69 Å². The van der Waals surface area contributed by atoms with E-state index in [1.807, 2.05) is 54.6 Å². The highest BCUT2D eigenvalue weighted by atomic mass is 16.5. The Hall–Kier alpha value is -2.66. The maximum atomic E-state index is 12.0. The number of benzene rings is 2. The molecule has 5 heteroatoms. The monoisotopic (exact) mass is 281 g/mol. The van der Waals surface area contributed by atoms with Crippen LogP contribution < -0.4 is 10.3 Å². The van der Waals surface area contributed by atoms with Crippen molar-refractivity contribution in [1.29, 1.82) is 0 Å². The first-order valence-electron chi connectivity index (χ1n) is 6.70. The summed E-state index contributed by atoms with van der Waals surface area (Å²) in [6, 6.07) is 17.0. The normalized spacial score (nSPS) is 19.3. The molecule has 21 heavy (non-hydrogen) atoms. The Bertz CT molecular complexity index is 866. The molecule has 0 bridgehead atoms. The van der Waals surface area contributed by atoms with Crippen LogP contribution in [0.4, 0.5) is 0 Å². The van der Waals surface area contributed by atoms with Crippen molar-refractivity contribution in [2.75, 3.05) is 0 Å². The maximum Gasteiger partial charge on any atom is 0.434 e. The molecule has 0 saturated heterocycles. The third kappa shape index (κ3) is 1.61. The lowest BCUT2D eigenvalue weighted by Gasteiger charge is -2.18. The second-order valence-corrected chi connectivity index (χ2v) is 5.20. The van der Waals surface area contributed by atoms with E-state index in [1.54, 1.807) is 0 Å². The Morgan fingerprint density at radius 2 is 1.81 bits per heavy atom. The van der Waals surface area contributed by atoms with E-state index in [-0.39, 0.29) is 5.69 Å². The van der Waals surface area contributed by atoms with Gasteiger partial charge in [0.15, 0.2) is 5.60 Å². The van der Waals surface area contributed by atoms with Crippen molar-refractivity contribution in [3.05, 3.63) is 81.8 Å². The lowest BCUT2D eigenvalue weighted by atomic mass is 9.86. The Kier molecular flexibility index (Phi) is 2.40. The third-order valence-electron chi connectivity index (χ3n) is 3.93. The average Bonchev–Trinajstić information content (AvgIpc) is 3.00. The van der Waals surface area contributed by atoms with Crippen LogP contribution in [-0.4, -0.2) is 10.4 Å². The fourth-order valence-electron chi connectivity index (χ4n) is 3.01. The van der Waals surface area contributed by atoms with Crippen molar-refractivity contribution in [1.82, 2.24) is 5.27 Å². The summed E-state index contributed by atoms with van der Waals surface area (Å²) in [4.78, 5) is 12.0. The average molecular weight is 281 g/mol. The first-order valence-corrected chi connectivity index (χ1v) is 6.70. The Morgan fingerprint density at radius 1 is 1.10 bits per heavy atom. The van der Waals surface area contributed by atoms with Gasteiger partial charge in [0.1, 0.15) is 0 Å². The van der Waals surface area contributed by atoms with Gasteiger partial charge in [0.05, 0.1) is 5.56 Å². The van der Waals surface area contributed by atoms with Crippen LogP contribution in [0, 0.1) is 0 Å². The number of fused-ring (bicyclic) bond motifs is 3. The van der Waals surface area contributed by atoms with Gasteiger partial charge in [0, 0.05) is 12.5 Å². The minimum absolute atomic E-state index is 0.215. The van der Waals surface area contributed by atoms with E-state index in [2.05, 4.69) is 5.27 Å². The van der Waals surface area contributed by atoms with Gasteiger partial charge in [-0.3, -0.25) is 4.52 Å². The van der Waals surface area contributed by atoms with Gasteiger partial charge in [-0.1, -0.05) is 42.5 Å². The molecule has 1 aliphatic rings. The zero-order valence-electron chi connectivity index (χ0n) is 11.1. The molecular formula is C16H13N2O3+. The van der Waals surface area contributed by atoms with E-state index in [1.165, 1.54) is 4.68 Å². The Labute approximate surface area is 120 Å². The number of aromatic nitrogens is 2. The Balaban J connectivity index is 1.95. The van der Waals surface area contributed by atoms with Gasteiger partial charge in [-0.2, -0.15) is 0 Å². The number of rotatable bonds is 2. The second-order valence-electron chi connectivity index (χ2n) is 5.20. The number of aliphatic hydroxyl groups is 1. The largest absolute Gasteiger partial charge is 0.434 e. The molecule has 1 aliphatic heterocycles. The summed E-state index contributed by atoms with van der Waals surface area (Å²) in [7, 11) is 0. The summed E-state index contributed by atoms with van der Waals surface area (Å²) < 4.78 is 6.36. The molecule has 2 heterocycles. The highest BCUT2D eigenvalue weighted by Crippen LogP contribution is 2.36. The fraction of sp³-hybridized carbons (Fsp3) is 0.125. The van der Waals surface area contributed by atoms with Crippen LogP contribution in [0.3, 0.4) is 0 Å². The molecule has 1 atom stereocenters. The van der Waals surface area contributed by atoms with Crippen LogP contribution in [0.15, 0.2) is 63.9 Å². The van der Waals surface area contributed by atoms with Gasteiger partial charge < -0.3 is 5.11 Å². The molecule has 4 rings (SSSR count). The zero-order chi connectivity index (χ0) is 14.4. The molecule has 104 valence electrons. The van der Waals surface area contributed by atoms with Gasteiger partial charge in [0.25, 0.3) is 0 Å². The number of H-pyrrole nitrogens is 1. The van der Waals surface area contributed by atoms with Gasteiger partial charge in [-0.25, -0.2) is 4.79 Å². The maximum absolute atomic E-state index is 12.0. The van der Waals surface area contributed by atoms with Gasteiger partial charge in [0.2, 0.25) is 5.69 Å². The van der Waals surface area contributed by atoms with Crippen LogP contribution in [0.1, 0.15) is 16.8 Å². The van der Waals surface area contributed by atoms with Crippen molar-refractivity contribution in [2.45, 2.75) is 12.0 Å². The lowest BCUT2D eigenvalue weighted by Crippen LogP contribution is -2.40. The topological polar surface area (TPSA) is 70.1 Å². The van der Waals surface area contributed by atoms with E-state index in [9.17, 15) is 9.90 Å². The van der Waals surface area contributed by atoms with Gasteiger partial charge in [-0.15, -0.1) is 0 Å². The van der Waals surface area contributed by atoms with E-state index in [0.717, 1.165) is 11.3 Å². The van der Waals surface area contributed by atoms with Gasteiger partial charge >= 0.3 is 11.3 Å². The van der Waals surface area contributed by atoms with Crippen molar-refractivity contribution >= 4 is 0 Å². The molecule has 0 spiro atoms. The van der Waals surface area contributed by atoms with Gasteiger partial charge in [-0.05, 0) is 21.6 Å². The number of aromatic amines is 1. The Morgan fingerprint density at radius 3 is 2.62 bits per heavy atom. The lowest BCUT2D eigenvalue weighted by molar-refractivity contribution is -0.675. The molecule has 3 aromatic rings. The van der Waals surface area contributed by atoms with Crippen LogP contribution in [-0.2, 0) is 12.0 Å². The van der Waals surface area contributed by atoms with E-state index in [0.29, 0.717) is 12.0 Å². The molecule has 1 unspecified atom stereocenters. The van der Waals surface area contributed by atoms with E-state index >= 15 is 0 Å². The van der Waals surface area contributed by atoms with E-state index in [4.69, 9.17) is 4.52 Å². The molecule has 2 N–H and O–H groups in total. The quantitative estimate of drug-likeness (QED) is 0.689. The standard InChI is InChI=1S/C16H12N2O3/c19-15-14-16(20,10-11-6-2-1-3-7-11)12-8-4-5-9-13(12)18(14)17-21-15/h1-9,20H,10H2/p+1. The third-order valence-corrected chi connectivity index (χ3v) is 3.93. The number of nitrogens with zero attached hydrogens (tertiary/aromatic N) is 1. The molecule has 0 radical (unpaired) electrons. The summed E-state index contributed by atoms with van der Waals surface area (Å²) in [6.07, 6.45) is 0.313. The molecule has 0 saturated carbocycles. The number of nitrogens with one attached hydrogen (secondary N) is 1. The summed E-state index contributed by atoms with van der Waals surface area (Å²) in [6.45, 7) is 0. The van der Waals surface area contributed by atoms with Crippen molar-refractivity contribution in [3.63, 3.8) is 0 Å².